The molecule has 0 radical (unpaired) electrons. The minimum atomic E-state index is -1.05. The molecule has 5 nitrogen and oxygen atoms in total. The van der Waals surface area contributed by atoms with Crippen LogP contribution in [0.4, 0.5) is 0 Å². The number of aliphatic carboxylic acids is 2. The molecule has 0 aromatic rings. The van der Waals surface area contributed by atoms with Gasteiger partial charge in [0.25, 0.3) is 0 Å². The zero-order valence-corrected chi connectivity index (χ0v) is 20.6. The van der Waals surface area contributed by atoms with Crippen molar-refractivity contribution in [1.29, 1.82) is 0 Å². The van der Waals surface area contributed by atoms with Crippen LogP contribution in [0, 0.1) is 0 Å². The van der Waals surface area contributed by atoms with Crippen LogP contribution in [0.2, 0.25) is 0 Å². The van der Waals surface area contributed by atoms with Crippen molar-refractivity contribution < 1.29 is 24.9 Å². The van der Waals surface area contributed by atoms with E-state index < -0.39 is 22.4 Å². The molecule has 0 rings (SSSR count). The first kappa shape index (κ1) is 30.1. The SMILES string of the molecule is CCCCCCC(S)C(=O)[O-].CCCCCCC(S)C(=O)[O-].O[CH2][SnH+2]. The van der Waals surface area contributed by atoms with Gasteiger partial charge in [-0.3, -0.25) is 0 Å². The molecule has 1 N–H and O–H groups in total. The monoisotopic (exact) mass is 502 g/mol. The second-order valence-corrected chi connectivity index (χ2v) is 7.84. The normalized spacial score (nSPS) is 12.0. The first-order valence-corrected chi connectivity index (χ1v) is 12.2. The van der Waals surface area contributed by atoms with Crippen molar-refractivity contribution in [3.05, 3.63) is 0 Å². The van der Waals surface area contributed by atoms with Crippen LogP contribution in [0.5, 0.6) is 0 Å². The molecule has 0 bridgehead atoms. The number of carbonyl (C=O) groups excluding carboxylic acids is 2. The van der Waals surface area contributed by atoms with E-state index in [4.69, 9.17) is 5.11 Å². The van der Waals surface area contributed by atoms with Gasteiger partial charge in [-0.1, -0.05) is 65.2 Å². The van der Waals surface area contributed by atoms with E-state index >= 15 is 0 Å². The zero-order chi connectivity index (χ0) is 20.1. The first-order chi connectivity index (χ1) is 11.8. The molecule has 0 saturated heterocycles. The second kappa shape index (κ2) is 24.4. The van der Waals surface area contributed by atoms with E-state index in [1.165, 1.54) is 25.7 Å². The number of aliphatic hydroxyl groups excluding tert-OH is 1. The Labute approximate surface area is 177 Å². The van der Waals surface area contributed by atoms with Crippen molar-refractivity contribution in [2.24, 2.45) is 0 Å². The Morgan fingerprint density at radius 1 is 0.840 bits per heavy atom. The quantitative estimate of drug-likeness (QED) is 0.209. The van der Waals surface area contributed by atoms with Gasteiger partial charge in [0.05, 0.1) is 11.9 Å². The average molecular weight is 501 g/mol. The number of hydrogen-bond acceptors (Lipinski definition) is 7. The van der Waals surface area contributed by atoms with E-state index in [-0.39, 0.29) is 0 Å². The van der Waals surface area contributed by atoms with Crippen molar-refractivity contribution in [3.8, 4) is 0 Å². The van der Waals surface area contributed by atoms with E-state index in [9.17, 15) is 19.8 Å². The molecule has 0 amide bonds. The molecule has 8 heteroatoms. The van der Waals surface area contributed by atoms with Crippen LogP contribution >= 0.6 is 25.3 Å². The fourth-order valence-electron chi connectivity index (χ4n) is 1.76. The van der Waals surface area contributed by atoms with Gasteiger partial charge < -0.3 is 19.8 Å². The molecule has 25 heavy (non-hydrogen) atoms. The van der Waals surface area contributed by atoms with Gasteiger partial charge in [0, 0.05) is 10.5 Å². The summed E-state index contributed by atoms with van der Waals surface area (Å²) in [6, 6.07) is 0. The standard InChI is InChI=1S/2C8H16O2S.CH3O.Sn.H/c2*1-2-3-4-5-6-7(11)8(9)10;1-2;;/h2*7,11H,2-6H2,1H3,(H,9,10);2H,1H2;;/q;;;+2;/p-2. The van der Waals surface area contributed by atoms with Crippen LogP contribution in [0.3, 0.4) is 0 Å². The summed E-state index contributed by atoms with van der Waals surface area (Å²) in [7, 11) is 0. The first-order valence-electron chi connectivity index (χ1n) is 8.87. The molecular weight excluding hydrogens is 467 g/mol. The van der Waals surface area contributed by atoms with Crippen LogP contribution in [-0.2, 0) is 9.59 Å². The van der Waals surface area contributed by atoms with Crippen molar-refractivity contribution in [1.82, 2.24) is 0 Å². The van der Waals surface area contributed by atoms with Gasteiger partial charge in [-0.25, -0.2) is 0 Å². The van der Waals surface area contributed by atoms with Crippen LogP contribution in [0.15, 0.2) is 0 Å². The van der Waals surface area contributed by atoms with Gasteiger partial charge in [0.15, 0.2) is 0 Å². The number of carboxylic acid groups (broad SMARTS) is 2. The molecule has 0 fully saturated rings. The third-order valence-corrected chi connectivity index (χ3v) is 4.14. The molecule has 0 aromatic heterocycles. The second-order valence-electron chi connectivity index (χ2n) is 5.55. The Morgan fingerprint density at radius 3 is 1.32 bits per heavy atom. The number of carboxylic acids is 2. The molecule has 0 aliphatic heterocycles. The van der Waals surface area contributed by atoms with Gasteiger partial charge in [0.1, 0.15) is 0 Å². The molecule has 0 saturated carbocycles. The van der Waals surface area contributed by atoms with E-state index in [2.05, 4.69) is 39.1 Å². The van der Waals surface area contributed by atoms with Crippen molar-refractivity contribution in [2.75, 3.05) is 4.62 Å². The summed E-state index contributed by atoms with van der Waals surface area (Å²) in [5.74, 6) is -2.10. The topological polar surface area (TPSA) is 100 Å². The Kier molecular flexibility index (Phi) is 29.4. The fraction of sp³-hybridized carbons (Fsp3) is 0.882. The fourth-order valence-corrected chi connectivity index (χ4v) is 2.13. The summed E-state index contributed by atoms with van der Waals surface area (Å²) >= 11 is 8.70. The molecule has 0 aromatic carbocycles. The Hall–Kier alpha value is 0.399. The Morgan fingerprint density at radius 2 is 1.12 bits per heavy atom. The van der Waals surface area contributed by atoms with Crippen molar-refractivity contribution in [3.63, 3.8) is 0 Å². The van der Waals surface area contributed by atoms with E-state index in [0.717, 1.165) is 48.2 Å². The molecule has 0 aliphatic rings. The molecular formula is C17H34O5S2Sn. The van der Waals surface area contributed by atoms with Crippen LogP contribution in [0.25, 0.3) is 0 Å². The summed E-state index contributed by atoms with van der Waals surface area (Å²) in [5.41, 5.74) is 0. The third-order valence-electron chi connectivity index (χ3n) is 3.21. The maximum absolute atomic E-state index is 10.2. The van der Waals surface area contributed by atoms with Crippen LogP contribution in [0.1, 0.15) is 78.1 Å². The Bertz CT molecular complexity index is 279. The van der Waals surface area contributed by atoms with Crippen molar-refractivity contribution >= 4 is 59.7 Å². The van der Waals surface area contributed by atoms with E-state index in [0.29, 0.717) is 17.5 Å². The number of thiol groups is 2. The van der Waals surface area contributed by atoms with Gasteiger partial charge in [-0.2, -0.15) is 25.3 Å². The predicted molar refractivity (Wildman–Crippen MR) is 107 cm³/mol. The van der Waals surface area contributed by atoms with Crippen LogP contribution < -0.4 is 10.2 Å². The Balaban J connectivity index is -0.000000334. The predicted octanol–water partition coefficient (Wildman–Crippen LogP) is 0.847. The number of unbranched alkanes of at least 4 members (excludes halogenated alkanes) is 6. The summed E-state index contributed by atoms with van der Waals surface area (Å²) < 4.78 is 0.380. The van der Waals surface area contributed by atoms with Gasteiger partial charge in [-0.15, -0.1) is 0 Å². The van der Waals surface area contributed by atoms with E-state index in [1.807, 2.05) is 0 Å². The summed E-state index contributed by atoms with van der Waals surface area (Å²) in [6.45, 7) is 4.24. The molecule has 2 atom stereocenters. The number of aliphatic hydroxyl groups is 1. The zero-order valence-electron chi connectivity index (χ0n) is 15.5. The summed E-state index contributed by atoms with van der Waals surface area (Å²) in [4.78, 5) is 20.4. The van der Waals surface area contributed by atoms with Crippen LogP contribution in [-0.4, -0.2) is 54.7 Å². The van der Waals surface area contributed by atoms with Gasteiger partial charge in [-0.05, 0) is 12.8 Å². The molecule has 0 spiro atoms. The molecule has 2 unspecified atom stereocenters. The van der Waals surface area contributed by atoms with Crippen molar-refractivity contribution in [2.45, 2.75) is 88.6 Å². The number of hydrogen-bond donors (Lipinski definition) is 3. The van der Waals surface area contributed by atoms with Gasteiger partial charge >= 0.3 is 32.3 Å². The molecule has 0 heterocycles. The maximum atomic E-state index is 10.2. The average Bonchev–Trinajstić information content (AvgIpc) is 2.56. The van der Waals surface area contributed by atoms with E-state index in [1.54, 1.807) is 0 Å². The number of rotatable bonds is 12. The van der Waals surface area contributed by atoms with Gasteiger partial charge in [0.2, 0.25) is 0 Å². The number of carbonyl (C=O) groups is 2. The summed E-state index contributed by atoms with van der Waals surface area (Å²) in [6.07, 6.45) is 10.0. The third kappa shape index (κ3) is 29.4. The summed E-state index contributed by atoms with van der Waals surface area (Å²) in [5, 5.41) is 26.8. The molecule has 0 aliphatic carbocycles. The minimum absolute atomic E-state index is 0.380. The molecule has 148 valence electrons.